The van der Waals surface area contributed by atoms with Crippen molar-refractivity contribution in [3.8, 4) is 5.75 Å². The van der Waals surface area contributed by atoms with Crippen LogP contribution in [0.25, 0.3) is 0 Å². The van der Waals surface area contributed by atoms with Crippen molar-refractivity contribution >= 4 is 17.2 Å². The highest BCUT2D eigenvalue weighted by molar-refractivity contribution is 7.07. The number of para-hydroxylation sites is 1. The Bertz CT molecular complexity index is 526. The van der Waals surface area contributed by atoms with Gasteiger partial charge in [-0.3, -0.25) is 4.79 Å². The Morgan fingerprint density at radius 1 is 1.42 bits per heavy atom. The van der Waals surface area contributed by atoms with Crippen molar-refractivity contribution < 1.29 is 9.53 Å². The van der Waals surface area contributed by atoms with Crippen LogP contribution in [0.1, 0.15) is 17.7 Å². The Hall–Kier alpha value is -1.88. The lowest BCUT2D eigenvalue weighted by Gasteiger charge is -2.08. The molecule has 0 atom stereocenters. The van der Waals surface area contributed by atoms with Gasteiger partial charge in [-0.1, -0.05) is 18.2 Å². The van der Waals surface area contributed by atoms with Gasteiger partial charge in [-0.2, -0.15) is 0 Å². The van der Waals surface area contributed by atoms with Gasteiger partial charge < -0.3 is 10.1 Å². The predicted octanol–water partition coefficient (Wildman–Crippen LogP) is 2.40. The van der Waals surface area contributed by atoms with Gasteiger partial charge in [-0.15, -0.1) is 11.3 Å². The molecule has 1 N–H and O–H groups in total. The van der Waals surface area contributed by atoms with E-state index < -0.39 is 0 Å². The summed E-state index contributed by atoms with van der Waals surface area (Å²) in [5, 5.41) is 4.79. The number of carbonyl (C=O) groups excluding carboxylic acids is 1. The number of amides is 1. The Morgan fingerprint density at radius 2 is 2.26 bits per heavy atom. The fraction of sp³-hybridized carbons (Fsp3) is 0.286. The maximum absolute atomic E-state index is 11.7. The van der Waals surface area contributed by atoms with Gasteiger partial charge in [0.2, 0.25) is 5.91 Å². The molecule has 0 radical (unpaired) electrons. The number of hydrogen-bond acceptors (Lipinski definition) is 4. The Morgan fingerprint density at radius 3 is 3.00 bits per heavy atom. The van der Waals surface area contributed by atoms with E-state index in [1.807, 2.05) is 29.6 Å². The predicted molar refractivity (Wildman–Crippen MR) is 75.3 cm³/mol. The summed E-state index contributed by atoms with van der Waals surface area (Å²) in [5.41, 5.74) is 3.71. The molecule has 2 aromatic rings. The fourth-order valence-corrected chi connectivity index (χ4v) is 2.32. The molecule has 1 heterocycles. The van der Waals surface area contributed by atoms with Gasteiger partial charge in [0.05, 0.1) is 24.9 Å². The highest BCUT2D eigenvalue weighted by Crippen LogP contribution is 2.18. The van der Waals surface area contributed by atoms with Crippen LogP contribution in [-0.2, 0) is 17.8 Å². The van der Waals surface area contributed by atoms with Crippen LogP contribution in [0.5, 0.6) is 5.75 Å². The third-order valence-corrected chi connectivity index (χ3v) is 3.40. The van der Waals surface area contributed by atoms with Crippen molar-refractivity contribution in [3.63, 3.8) is 0 Å². The van der Waals surface area contributed by atoms with Crippen LogP contribution in [0.15, 0.2) is 35.2 Å². The van der Waals surface area contributed by atoms with Crippen molar-refractivity contribution in [1.82, 2.24) is 10.3 Å². The average molecular weight is 276 g/mol. The maximum atomic E-state index is 11.7. The van der Waals surface area contributed by atoms with E-state index in [2.05, 4.69) is 10.3 Å². The molecule has 0 bridgehead atoms. The van der Waals surface area contributed by atoms with Gasteiger partial charge >= 0.3 is 0 Å². The smallest absolute Gasteiger partial charge is 0.220 e. The van der Waals surface area contributed by atoms with Gasteiger partial charge in [-0.05, 0) is 18.1 Å². The van der Waals surface area contributed by atoms with E-state index in [-0.39, 0.29) is 5.91 Å². The first-order chi connectivity index (χ1) is 9.29. The molecule has 2 rings (SSSR count). The second-order valence-electron chi connectivity index (χ2n) is 4.07. The van der Waals surface area contributed by atoms with Crippen LogP contribution >= 0.6 is 11.3 Å². The van der Waals surface area contributed by atoms with Crippen LogP contribution in [0, 0.1) is 0 Å². The minimum atomic E-state index is 0.0268. The Balaban J connectivity index is 1.80. The van der Waals surface area contributed by atoms with Crippen LogP contribution in [0.3, 0.4) is 0 Å². The molecule has 0 saturated carbocycles. The first-order valence-corrected chi connectivity index (χ1v) is 6.99. The van der Waals surface area contributed by atoms with Crippen molar-refractivity contribution in [1.29, 1.82) is 0 Å². The molecule has 1 aromatic carbocycles. The Labute approximate surface area is 116 Å². The van der Waals surface area contributed by atoms with Crippen molar-refractivity contribution in [3.05, 3.63) is 46.4 Å². The van der Waals surface area contributed by atoms with Crippen molar-refractivity contribution in [2.24, 2.45) is 0 Å². The van der Waals surface area contributed by atoms with E-state index in [0.717, 1.165) is 17.0 Å². The first kappa shape index (κ1) is 13.5. The summed E-state index contributed by atoms with van der Waals surface area (Å²) in [7, 11) is 1.64. The quantitative estimate of drug-likeness (QED) is 0.881. The Kier molecular flexibility index (Phi) is 4.92. The molecular formula is C14H16N2O2S. The molecule has 0 aliphatic rings. The van der Waals surface area contributed by atoms with Gasteiger partial charge in [-0.25, -0.2) is 4.98 Å². The molecule has 5 heteroatoms. The fourth-order valence-electron chi connectivity index (χ4n) is 1.76. The van der Waals surface area contributed by atoms with Crippen molar-refractivity contribution in [2.45, 2.75) is 19.4 Å². The molecule has 0 aliphatic heterocycles. The number of benzene rings is 1. The molecule has 0 unspecified atom stereocenters. The van der Waals surface area contributed by atoms with E-state index in [1.165, 1.54) is 11.3 Å². The molecule has 0 saturated heterocycles. The summed E-state index contributed by atoms with van der Waals surface area (Å²) in [4.78, 5) is 15.9. The number of hydrogen-bond donors (Lipinski definition) is 1. The number of nitrogens with zero attached hydrogens (tertiary/aromatic N) is 1. The number of aryl methyl sites for hydroxylation is 1. The molecule has 1 amide bonds. The zero-order valence-electron chi connectivity index (χ0n) is 10.8. The highest BCUT2D eigenvalue weighted by Gasteiger charge is 2.06. The minimum absolute atomic E-state index is 0.0268. The van der Waals surface area contributed by atoms with Crippen LogP contribution in [-0.4, -0.2) is 18.0 Å². The summed E-state index contributed by atoms with van der Waals surface area (Å²) >= 11 is 1.53. The molecule has 100 valence electrons. The first-order valence-electron chi connectivity index (χ1n) is 6.05. The summed E-state index contributed by atoms with van der Waals surface area (Å²) in [6.45, 7) is 0.494. The van der Waals surface area contributed by atoms with Crippen LogP contribution < -0.4 is 10.1 Å². The number of methoxy groups -OCH3 is 1. The lowest BCUT2D eigenvalue weighted by Crippen LogP contribution is -2.23. The monoisotopic (exact) mass is 276 g/mol. The maximum Gasteiger partial charge on any atom is 0.220 e. The summed E-state index contributed by atoms with van der Waals surface area (Å²) in [5.74, 6) is 0.855. The lowest BCUT2D eigenvalue weighted by molar-refractivity contribution is -0.121. The van der Waals surface area contributed by atoms with E-state index in [4.69, 9.17) is 4.74 Å². The van der Waals surface area contributed by atoms with Crippen LogP contribution in [0.4, 0.5) is 0 Å². The topological polar surface area (TPSA) is 51.2 Å². The lowest BCUT2D eigenvalue weighted by atomic mass is 10.1. The van der Waals surface area contributed by atoms with E-state index >= 15 is 0 Å². The molecular weight excluding hydrogens is 260 g/mol. The van der Waals surface area contributed by atoms with Gasteiger partial charge in [0.1, 0.15) is 5.75 Å². The molecule has 1 aromatic heterocycles. The molecule has 0 fully saturated rings. The number of ether oxygens (including phenoxy) is 1. The summed E-state index contributed by atoms with van der Waals surface area (Å²) in [6.07, 6.45) is 1.12. The zero-order chi connectivity index (χ0) is 13.5. The SMILES string of the molecule is COc1ccccc1CCC(=O)NCc1cscn1. The number of aromatic nitrogens is 1. The van der Waals surface area contributed by atoms with Crippen molar-refractivity contribution in [2.75, 3.05) is 7.11 Å². The number of nitrogens with one attached hydrogen (secondary N) is 1. The standard InChI is InChI=1S/C14H16N2O2S/c1-18-13-5-3-2-4-11(13)6-7-14(17)15-8-12-9-19-10-16-12/h2-5,9-10H,6-8H2,1H3,(H,15,17). The minimum Gasteiger partial charge on any atom is -0.496 e. The summed E-state index contributed by atoms with van der Waals surface area (Å²) < 4.78 is 5.26. The normalized spacial score (nSPS) is 10.2. The highest BCUT2D eigenvalue weighted by atomic mass is 32.1. The van der Waals surface area contributed by atoms with E-state index in [0.29, 0.717) is 19.4 Å². The second-order valence-corrected chi connectivity index (χ2v) is 4.79. The summed E-state index contributed by atoms with van der Waals surface area (Å²) in [6, 6.07) is 7.75. The average Bonchev–Trinajstić information content (AvgIpc) is 2.96. The van der Waals surface area contributed by atoms with E-state index in [9.17, 15) is 4.79 Å². The number of thiazole rings is 1. The third-order valence-electron chi connectivity index (χ3n) is 2.76. The zero-order valence-corrected chi connectivity index (χ0v) is 11.6. The van der Waals surface area contributed by atoms with Gasteiger partial charge in [0.25, 0.3) is 0 Å². The molecule has 19 heavy (non-hydrogen) atoms. The van der Waals surface area contributed by atoms with E-state index in [1.54, 1.807) is 12.6 Å². The van der Waals surface area contributed by atoms with Crippen LogP contribution in [0.2, 0.25) is 0 Å². The third kappa shape index (κ3) is 4.06. The van der Waals surface area contributed by atoms with Gasteiger partial charge in [0, 0.05) is 11.8 Å². The number of rotatable bonds is 6. The number of carbonyl (C=O) groups is 1. The largest absolute Gasteiger partial charge is 0.496 e. The molecule has 0 aliphatic carbocycles. The van der Waals surface area contributed by atoms with Gasteiger partial charge in [0.15, 0.2) is 0 Å². The second kappa shape index (κ2) is 6.89. The molecule has 4 nitrogen and oxygen atoms in total. The molecule has 0 spiro atoms.